The van der Waals surface area contributed by atoms with E-state index in [1.54, 1.807) is 20.4 Å². The number of anilines is 1. The predicted molar refractivity (Wildman–Crippen MR) is 112 cm³/mol. The molecular formula is C23H24N2O4. The molecule has 3 aromatic rings. The van der Waals surface area contributed by atoms with Crippen molar-refractivity contribution in [2.45, 2.75) is 18.3 Å². The summed E-state index contributed by atoms with van der Waals surface area (Å²) in [4.78, 5) is 18.0. The molecule has 0 atom stereocenters. The summed E-state index contributed by atoms with van der Waals surface area (Å²) in [6.45, 7) is 1.09. The topological polar surface area (TPSA) is 69.7 Å². The van der Waals surface area contributed by atoms with Crippen LogP contribution >= 0.6 is 0 Å². The number of hydrogen-bond acceptors (Lipinski definition) is 5. The number of nitrogens with one attached hydrogen (secondary N) is 1. The van der Waals surface area contributed by atoms with Gasteiger partial charge in [-0.1, -0.05) is 12.1 Å². The smallest absolute Gasteiger partial charge is 0.235 e. The Morgan fingerprint density at radius 2 is 1.79 bits per heavy atom. The third-order valence-corrected chi connectivity index (χ3v) is 5.62. The molecule has 0 bridgehead atoms. The van der Waals surface area contributed by atoms with Crippen LogP contribution in [-0.2, 0) is 14.9 Å². The number of fused-ring (bicyclic) bond motifs is 1. The Bertz CT molecular complexity index is 1010. The first-order valence-corrected chi connectivity index (χ1v) is 9.63. The quantitative estimate of drug-likeness (QED) is 0.712. The van der Waals surface area contributed by atoms with Gasteiger partial charge in [-0.2, -0.15) is 0 Å². The van der Waals surface area contributed by atoms with Crippen molar-refractivity contribution in [3.05, 3.63) is 60.3 Å². The summed E-state index contributed by atoms with van der Waals surface area (Å²) in [6.07, 6.45) is 2.96. The van der Waals surface area contributed by atoms with E-state index in [1.165, 1.54) is 0 Å². The molecule has 1 aliphatic rings. The lowest BCUT2D eigenvalue weighted by atomic mass is 9.73. The number of pyridine rings is 1. The minimum absolute atomic E-state index is 0.0405. The molecule has 1 aliphatic heterocycles. The van der Waals surface area contributed by atoms with E-state index in [2.05, 4.69) is 10.3 Å². The third-order valence-electron chi connectivity index (χ3n) is 5.62. The van der Waals surface area contributed by atoms with E-state index in [0.29, 0.717) is 31.8 Å². The van der Waals surface area contributed by atoms with Crippen molar-refractivity contribution in [3.63, 3.8) is 0 Å². The van der Waals surface area contributed by atoms with Gasteiger partial charge in [0.25, 0.3) is 0 Å². The molecule has 29 heavy (non-hydrogen) atoms. The number of hydrogen-bond donors (Lipinski definition) is 1. The van der Waals surface area contributed by atoms with Crippen molar-refractivity contribution in [1.29, 1.82) is 0 Å². The first-order chi connectivity index (χ1) is 14.2. The molecule has 150 valence electrons. The molecule has 4 rings (SSSR count). The van der Waals surface area contributed by atoms with Crippen LogP contribution in [0.1, 0.15) is 18.4 Å². The minimum atomic E-state index is -0.654. The van der Waals surface area contributed by atoms with Gasteiger partial charge in [0, 0.05) is 24.8 Å². The van der Waals surface area contributed by atoms with Gasteiger partial charge in [0.1, 0.15) is 17.0 Å². The summed E-state index contributed by atoms with van der Waals surface area (Å²) in [7, 11) is 3.25. The van der Waals surface area contributed by atoms with Crippen molar-refractivity contribution in [2.75, 3.05) is 32.8 Å². The Labute approximate surface area is 169 Å². The molecule has 0 spiro atoms. The number of carbonyl (C=O) groups excluding carboxylic acids is 1. The largest absolute Gasteiger partial charge is 0.497 e. The van der Waals surface area contributed by atoms with Crippen LogP contribution in [0.25, 0.3) is 10.9 Å². The van der Waals surface area contributed by atoms with Crippen LogP contribution in [0.3, 0.4) is 0 Å². The Balaban J connectivity index is 1.72. The normalized spacial score (nSPS) is 15.7. The number of nitrogens with zero attached hydrogens (tertiary/aromatic N) is 1. The predicted octanol–water partition coefficient (Wildman–Crippen LogP) is 3.94. The monoisotopic (exact) mass is 392 g/mol. The number of amides is 1. The fourth-order valence-corrected chi connectivity index (χ4v) is 3.94. The molecule has 6 nitrogen and oxygen atoms in total. The van der Waals surface area contributed by atoms with Crippen molar-refractivity contribution in [1.82, 2.24) is 4.98 Å². The van der Waals surface area contributed by atoms with E-state index in [1.807, 2.05) is 48.5 Å². The molecular weight excluding hydrogens is 368 g/mol. The SMILES string of the molecule is COc1ccc(C2(C(=O)Nc3ccc(OC)c4ncccc34)CCOCC2)cc1. The maximum Gasteiger partial charge on any atom is 0.235 e. The molecule has 0 unspecified atom stereocenters. The van der Waals surface area contributed by atoms with Gasteiger partial charge in [0.15, 0.2) is 0 Å². The van der Waals surface area contributed by atoms with Gasteiger partial charge >= 0.3 is 0 Å². The average molecular weight is 392 g/mol. The van der Waals surface area contributed by atoms with Crippen molar-refractivity contribution in [2.24, 2.45) is 0 Å². The zero-order chi connectivity index (χ0) is 20.3. The van der Waals surface area contributed by atoms with Gasteiger partial charge in [-0.3, -0.25) is 9.78 Å². The fraction of sp³-hybridized carbons (Fsp3) is 0.304. The number of carbonyl (C=O) groups is 1. The Morgan fingerprint density at radius 1 is 1.03 bits per heavy atom. The Morgan fingerprint density at radius 3 is 2.48 bits per heavy atom. The summed E-state index contributed by atoms with van der Waals surface area (Å²) < 4.78 is 16.2. The number of rotatable bonds is 5. The highest BCUT2D eigenvalue weighted by molar-refractivity contribution is 6.06. The van der Waals surface area contributed by atoms with Crippen LogP contribution < -0.4 is 14.8 Å². The van der Waals surface area contributed by atoms with Crippen molar-refractivity contribution in [3.8, 4) is 11.5 Å². The van der Waals surface area contributed by atoms with Crippen LogP contribution in [-0.4, -0.2) is 38.3 Å². The molecule has 2 heterocycles. The van der Waals surface area contributed by atoms with Gasteiger partial charge in [-0.25, -0.2) is 0 Å². The Hall–Kier alpha value is -3.12. The number of benzene rings is 2. The lowest BCUT2D eigenvalue weighted by Gasteiger charge is -2.36. The number of ether oxygens (including phenoxy) is 3. The molecule has 1 fully saturated rings. The fourth-order valence-electron chi connectivity index (χ4n) is 3.94. The second-order valence-corrected chi connectivity index (χ2v) is 7.09. The van der Waals surface area contributed by atoms with Crippen LogP contribution in [0.4, 0.5) is 5.69 Å². The summed E-state index contributed by atoms with van der Waals surface area (Å²) in [5.74, 6) is 1.40. The van der Waals surface area contributed by atoms with E-state index in [4.69, 9.17) is 14.2 Å². The van der Waals surface area contributed by atoms with Gasteiger partial charge < -0.3 is 19.5 Å². The second kappa shape index (κ2) is 8.09. The molecule has 1 aromatic heterocycles. The van der Waals surface area contributed by atoms with E-state index >= 15 is 0 Å². The molecule has 0 aliphatic carbocycles. The van der Waals surface area contributed by atoms with Crippen molar-refractivity contribution < 1.29 is 19.0 Å². The van der Waals surface area contributed by atoms with Gasteiger partial charge in [-0.05, 0) is 54.8 Å². The highest BCUT2D eigenvalue weighted by atomic mass is 16.5. The highest BCUT2D eigenvalue weighted by Crippen LogP contribution is 2.38. The molecule has 6 heteroatoms. The number of aromatic nitrogens is 1. The summed E-state index contributed by atoms with van der Waals surface area (Å²) in [6, 6.07) is 15.2. The third kappa shape index (κ3) is 3.51. The van der Waals surface area contributed by atoms with E-state index in [0.717, 1.165) is 27.9 Å². The summed E-state index contributed by atoms with van der Waals surface area (Å²) in [5, 5.41) is 4.00. The molecule has 1 N–H and O–H groups in total. The van der Waals surface area contributed by atoms with Gasteiger partial charge in [0.2, 0.25) is 5.91 Å². The molecule has 2 aromatic carbocycles. The van der Waals surface area contributed by atoms with E-state index in [9.17, 15) is 4.79 Å². The molecule has 0 radical (unpaired) electrons. The van der Waals surface area contributed by atoms with Crippen LogP contribution in [0, 0.1) is 0 Å². The zero-order valence-corrected chi connectivity index (χ0v) is 16.6. The minimum Gasteiger partial charge on any atom is -0.497 e. The Kier molecular flexibility index (Phi) is 5.36. The van der Waals surface area contributed by atoms with E-state index in [-0.39, 0.29) is 5.91 Å². The van der Waals surface area contributed by atoms with Gasteiger partial charge in [-0.15, -0.1) is 0 Å². The van der Waals surface area contributed by atoms with Crippen LogP contribution in [0.2, 0.25) is 0 Å². The van der Waals surface area contributed by atoms with Gasteiger partial charge in [0.05, 0.1) is 25.3 Å². The lowest BCUT2D eigenvalue weighted by molar-refractivity contribution is -0.125. The first-order valence-electron chi connectivity index (χ1n) is 9.63. The van der Waals surface area contributed by atoms with Crippen LogP contribution in [0.15, 0.2) is 54.7 Å². The zero-order valence-electron chi connectivity index (χ0n) is 16.6. The standard InChI is InChI=1S/C23H24N2O4/c1-27-17-7-5-16(6-8-17)23(11-14-29-15-12-23)22(26)25-19-9-10-20(28-2)21-18(19)4-3-13-24-21/h3-10,13H,11-12,14-15H2,1-2H3,(H,25,26). The maximum absolute atomic E-state index is 13.6. The number of methoxy groups -OCH3 is 2. The summed E-state index contributed by atoms with van der Waals surface area (Å²) >= 11 is 0. The highest BCUT2D eigenvalue weighted by Gasteiger charge is 2.42. The van der Waals surface area contributed by atoms with Crippen molar-refractivity contribution >= 4 is 22.5 Å². The first kappa shape index (κ1) is 19.2. The van der Waals surface area contributed by atoms with E-state index < -0.39 is 5.41 Å². The summed E-state index contributed by atoms with van der Waals surface area (Å²) in [5.41, 5.74) is 1.76. The second-order valence-electron chi connectivity index (χ2n) is 7.09. The maximum atomic E-state index is 13.6. The van der Waals surface area contributed by atoms with Crippen LogP contribution in [0.5, 0.6) is 11.5 Å². The lowest BCUT2D eigenvalue weighted by Crippen LogP contribution is -2.44. The molecule has 1 amide bonds. The molecule has 0 saturated carbocycles. The molecule has 1 saturated heterocycles. The average Bonchev–Trinajstić information content (AvgIpc) is 2.79.